The number of aryl methyl sites for hydroxylation is 1. The monoisotopic (exact) mass is 454 g/mol. The molecule has 166 valence electrons. The second-order valence-electron chi connectivity index (χ2n) is 8.11. The van der Waals surface area contributed by atoms with Gasteiger partial charge in [0, 0.05) is 12.0 Å². The second kappa shape index (κ2) is 7.63. The zero-order valence-electron chi connectivity index (χ0n) is 17.7. The summed E-state index contributed by atoms with van der Waals surface area (Å²) in [6, 6.07) is 9.74. The van der Waals surface area contributed by atoms with Gasteiger partial charge in [-0.3, -0.25) is 9.29 Å². The maximum absolute atomic E-state index is 12.9. The van der Waals surface area contributed by atoms with Crippen LogP contribution in [0.4, 0.5) is 5.69 Å². The van der Waals surface area contributed by atoms with E-state index in [2.05, 4.69) is 14.9 Å². The Morgan fingerprint density at radius 3 is 2.75 bits per heavy atom. The lowest BCUT2D eigenvalue weighted by molar-refractivity contribution is 0.291. The third-order valence-electron chi connectivity index (χ3n) is 6.04. The van der Waals surface area contributed by atoms with Gasteiger partial charge in [-0.05, 0) is 56.0 Å². The van der Waals surface area contributed by atoms with E-state index in [1.807, 2.05) is 19.9 Å². The fraction of sp³-hybridized carbons (Fsp3) is 0.318. The number of hydrogen-bond donors (Lipinski definition) is 1. The van der Waals surface area contributed by atoms with E-state index in [4.69, 9.17) is 8.94 Å². The summed E-state index contributed by atoms with van der Waals surface area (Å²) >= 11 is 0. The smallest absolute Gasteiger partial charge is 0.408 e. The van der Waals surface area contributed by atoms with Crippen LogP contribution in [0.1, 0.15) is 48.0 Å². The van der Waals surface area contributed by atoms with Gasteiger partial charge >= 0.3 is 5.76 Å². The lowest BCUT2D eigenvalue weighted by Crippen LogP contribution is -2.16. The number of sulfonamides is 1. The first kappa shape index (κ1) is 20.5. The van der Waals surface area contributed by atoms with Crippen LogP contribution in [-0.4, -0.2) is 23.1 Å². The molecule has 0 aliphatic heterocycles. The molecule has 0 bridgehead atoms. The van der Waals surface area contributed by atoms with Crippen molar-refractivity contribution >= 4 is 26.8 Å². The number of anilines is 1. The Balaban J connectivity index is 1.44. The number of fused-ring (bicyclic) bond motifs is 1. The van der Waals surface area contributed by atoms with Gasteiger partial charge in [0.1, 0.15) is 0 Å². The number of oxazole rings is 1. The molecule has 2 heterocycles. The maximum Gasteiger partial charge on any atom is 0.420 e. The molecule has 4 aromatic rings. The lowest BCUT2D eigenvalue weighted by Gasteiger charge is -2.20. The largest absolute Gasteiger partial charge is 0.420 e. The zero-order valence-corrected chi connectivity index (χ0v) is 18.5. The molecule has 0 spiro atoms. The predicted octanol–water partition coefficient (Wildman–Crippen LogP) is 3.71. The average molecular weight is 455 g/mol. The number of nitrogens with one attached hydrogen (secondary N) is 1. The Morgan fingerprint density at radius 2 is 2.00 bits per heavy atom. The van der Waals surface area contributed by atoms with Crippen molar-refractivity contribution in [1.82, 2.24) is 14.7 Å². The molecular formula is C22H22N4O5S. The number of aromatic nitrogens is 3. The van der Waals surface area contributed by atoms with E-state index < -0.39 is 15.8 Å². The molecule has 0 unspecified atom stereocenters. The van der Waals surface area contributed by atoms with Crippen molar-refractivity contribution in [2.24, 2.45) is 0 Å². The van der Waals surface area contributed by atoms with Crippen LogP contribution < -0.4 is 10.5 Å². The number of benzene rings is 2. The highest BCUT2D eigenvalue weighted by Crippen LogP contribution is 2.35. The Kier molecular flexibility index (Phi) is 4.89. The highest BCUT2D eigenvalue weighted by Gasteiger charge is 2.26. The lowest BCUT2D eigenvalue weighted by atomic mass is 9.85. The van der Waals surface area contributed by atoms with E-state index >= 15 is 0 Å². The fourth-order valence-corrected chi connectivity index (χ4v) is 4.86. The summed E-state index contributed by atoms with van der Waals surface area (Å²) in [4.78, 5) is 16.8. The van der Waals surface area contributed by atoms with Gasteiger partial charge < -0.3 is 8.94 Å². The molecule has 10 heteroatoms. The van der Waals surface area contributed by atoms with E-state index in [1.54, 1.807) is 18.2 Å². The first-order valence-electron chi connectivity index (χ1n) is 10.4. The molecule has 32 heavy (non-hydrogen) atoms. The van der Waals surface area contributed by atoms with Crippen molar-refractivity contribution in [1.29, 1.82) is 0 Å². The van der Waals surface area contributed by atoms with E-state index in [9.17, 15) is 13.2 Å². The van der Waals surface area contributed by atoms with Crippen LogP contribution >= 0.6 is 0 Å². The predicted molar refractivity (Wildman–Crippen MR) is 117 cm³/mol. The van der Waals surface area contributed by atoms with Gasteiger partial charge in [0.05, 0.1) is 22.6 Å². The highest BCUT2D eigenvalue weighted by molar-refractivity contribution is 7.92. The maximum atomic E-state index is 12.9. The molecule has 0 atom stereocenters. The quantitative estimate of drug-likeness (QED) is 0.471. The molecule has 1 N–H and O–H groups in total. The molecular weight excluding hydrogens is 432 g/mol. The average Bonchev–Trinajstić information content (AvgIpc) is 3.28. The van der Waals surface area contributed by atoms with E-state index in [1.165, 1.54) is 16.7 Å². The Labute approximate surface area is 184 Å². The molecule has 1 aliphatic rings. The summed E-state index contributed by atoms with van der Waals surface area (Å²) in [5.74, 6) is 0.654. The standard InChI is InChI=1S/C22H22N4O5S/c1-13-5-3-8-17(14(13)2)25-32(28,29)16-9-10-18-19(11-16)30-22(27)26(18)12-20-23-21(31-24-20)15-6-4-7-15/h3,5,8-11,15,25H,4,6-7,12H2,1-2H3. The molecule has 0 amide bonds. The molecule has 1 fully saturated rings. The molecule has 0 radical (unpaired) electrons. The van der Waals surface area contributed by atoms with Crippen molar-refractivity contribution in [2.75, 3.05) is 4.72 Å². The normalized spacial score (nSPS) is 14.6. The summed E-state index contributed by atoms with van der Waals surface area (Å²) < 4.78 is 40.4. The second-order valence-corrected chi connectivity index (χ2v) is 9.80. The van der Waals surface area contributed by atoms with Gasteiger partial charge in [-0.25, -0.2) is 13.2 Å². The Morgan fingerprint density at radius 1 is 1.19 bits per heavy atom. The third-order valence-corrected chi connectivity index (χ3v) is 7.40. The molecule has 1 saturated carbocycles. The van der Waals surface area contributed by atoms with Gasteiger partial charge in [0.2, 0.25) is 5.89 Å². The van der Waals surface area contributed by atoms with Gasteiger partial charge in [-0.1, -0.05) is 23.7 Å². The van der Waals surface area contributed by atoms with Gasteiger partial charge in [0.25, 0.3) is 10.0 Å². The summed E-state index contributed by atoms with van der Waals surface area (Å²) in [6.45, 7) is 3.84. The summed E-state index contributed by atoms with van der Waals surface area (Å²) in [5, 5.41) is 3.97. The van der Waals surface area contributed by atoms with Crippen LogP contribution in [0.5, 0.6) is 0 Å². The minimum Gasteiger partial charge on any atom is -0.408 e. The van der Waals surface area contributed by atoms with Crippen LogP contribution in [0.3, 0.4) is 0 Å². The van der Waals surface area contributed by atoms with Crippen LogP contribution in [0, 0.1) is 13.8 Å². The highest BCUT2D eigenvalue weighted by atomic mass is 32.2. The van der Waals surface area contributed by atoms with Crippen molar-refractivity contribution in [2.45, 2.75) is 50.5 Å². The van der Waals surface area contributed by atoms with Gasteiger partial charge in [0.15, 0.2) is 11.4 Å². The summed E-state index contributed by atoms with van der Waals surface area (Å²) in [5.41, 5.74) is 2.95. The van der Waals surface area contributed by atoms with Crippen LogP contribution in [0.2, 0.25) is 0 Å². The van der Waals surface area contributed by atoms with Crippen molar-refractivity contribution in [3.63, 3.8) is 0 Å². The summed E-state index contributed by atoms with van der Waals surface area (Å²) in [7, 11) is -3.87. The molecule has 2 aromatic carbocycles. The van der Waals surface area contributed by atoms with E-state index in [0.29, 0.717) is 28.8 Å². The molecule has 0 saturated heterocycles. The molecule has 9 nitrogen and oxygen atoms in total. The summed E-state index contributed by atoms with van der Waals surface area (Å²) in [6.07, 6.45) is 3.21. The van der Waals surface area contributed by atoms with Crippen molar-refractivity contribution in [3.8, 4) is 0 Å². The van der Waals surface area contributed by atoms with E-state index in [-0.39, 0.29) is 17.0 Å². The first-order valence-corrected chi connectivity index (χ1v) is 11.8. The van der Waals surface area contributed by atoms with Crippen molar-refractivity contribution in [3.05, 3.63) is 69.8 Å². The third kappa shape index (κ3) is 3.60. The molecule has 5 rings (SSSR count). The molecule has 2 aromatic heterocycles. The first-order chi connectivity index (χ1) is 15.3. The molecule has 1 aliphatic carbocycles. The van der Waals surface area contributed by atoms with Gasteiger partial charge in [-0.2, -0.15) is 4.98 Å². The zero-order chi connectivity index (χ0) is 22.5. The minimum atomic E-state index is -3.87. The topological polar surface area (TPSA) is 120 Å². The van der Waals surface area contributed by atoms with Crippen LogP contribution in [0.15, 0.2) is 55.0 Å². The SMILES string of the molecule is Cc1cccc(NS(=O)(=O)c2ccc3c(c2)oc(=O)n3Cc2noc(C3CCC3)n2)c1C. The van der Waals surface area contributed by atoms with Crippen LogP contribution in [0.25, 0.3) is 11.1 Å². The van der Waals surface area contributed by atoms with Crippen LogP contribution in [-0.2, 0) is 16.6 Å². The van der Waals surface area contributed by atoms with Gasteiger partial charge in [-0.15, -0.1) is 0 Å². The minimum absolute atomic E-state index is 0.00126. The van der Waals surface area contributed by atoms with Crippen molar-refractivity contribution < 1.29 is 17.4 Å². The van der Waals surface area contributed by atoms with E-state index in [0.717, 1.165) is 30.4 Å². The Hall–Kier alpha value is -3.40. The fourth-order valence-electron chi connectivity index (χ4n) is 3.72. The number of hydrogen-bond acceptors (Lipinski definition) is 7. The number of nitrogens with zero attached hydrogens (tertiary/aromatic N) is 3. The number of rotatable bonds is 6. The Bertz CT molecular complexity index is 1480.